The van der Waals surface area contributed by atoms with Crippen molar-refractivity contribution in [1.29, 1.82) is 0 Å². The Morgan fingerprint density at radius 3 is 2.58 bits per heavy atom. The Labute approximate surface area is 172 Å². The highest BCUT2D eigenvalue weighted by Gasteiger charge is 2.38. The molecule has 2 unspecified atom stereocenters. The molecule has 26 heavy (non-hydrogen) atoms. The Bertz CT molecular complexity index is 737. The van der Waals surface area contributed by atoms with Crippen LogP contribution in [0.2, 0.25) is 0 Å². The zero-order chi connectivity index (χ0) is 17.6. The SMILES string of the molecule is CCOc1ccc(NC(=NC)NC2CC2c2ccccc2)cc1OC.I. The first-order valence-corrected chi connectivity index (χ1v) is 8.61. The fourth-order valence-corrected chi connectivity index (χ4v) is 2.91. The number of nitrogens with zero attached hydrogens (tertiary/aromatic N) is 1. The van der Waals surface area contributed by atoms with Crippen molar-refractivity contribution in [2.45, 2.75) is 25.3 Å². The summed E-state index contributed by atoms with van der Waals surface area (Å²) < 4.78 is 10.9. The molecular weight excluding hydrogens is 441 g/mol. The molecule has 3 rings (SSSR count). The van der Waals surface area contributed by atoms with E-state index < -0.39 is 0 Å². The van der Waals surface area contributed by atoms with E-state index in [9.17, 15) is 0 Å². The van der Waals surface area contributed by atoms with Crippen LogP contribution in [0.3, 0.4) is 0 Å². The summed E-state index contributed by atoms with van der Waals surface area (Å²) in [5.74, 6) is 2.75. The average Bonchev–Trinajstić information content (AvgIpc) is 3.42. The fourth-order valence-electron chi connectivity index (χ4n) is 2.91. The first kappa shape index (κ1) is 20.4. The fraction of sp³-hybridized carbons (Fsp3) is 0.350. The number of hydrogen-bond acceptors (Lipinski definition) is 3. The third-order valence-electron chi connectivity index (χ3n) is 4.29. The number of rotatable bonds is 6. The average molecular weight is 467 g/mol. The molecule has 140 valence electrons. The Kier molecular flexibility index (Phi) is 7.56. The van der Waals surface area contributed by atoms with Crippen molar-refractivity contribution in [2.75, 3.05) is 26.1 Å². The van der Waals surface area contributed by atoms with Gasteiger partial charge in [0.1, 0.15) is 0 Å². The second-order valence-electron chi connectivity index (χ2n) is 6.00. The van der Waals surface area contributed by atoms with Crippen LogP contribution in [0, 0.1) is 0 Å². The van der Waals surface area contributed by atoms with Crippen LogP contribution < -0.4 is 20.1 Å². The maximum atomic E-state index is 5.55. The summed E-state index contributed by atoms with van der Waals surface area (Å²) in [5.41, 5.74) is 2.28. The van der Waals surface area contributed by atoms with Gasteiger partial charge in [-0.15, -0.1) is 24.0 Å². The zero-order valence-electron chi connectivity index (χ0n) is 15.4. The molecule has 0 saturated heterocycles. The highest BCUT2D eigenvalue weighted by molar-refractivity contribution is 14.0. The van der Waals surface area contributed by atoms with Gasteiger partial charge in [-0.05, 0) is 31.0 Å². The Morgan fingerprint density at radius 1 is 1.15 bits per heavy atom. The Balaban J connectivity index is 0.00000243. The number of methoxy groups -OCH3 is 1. The van der Waals surface area contributed by atoms with Gasteiger partial charge in [0.25, 0.3) is 0 Å². The molecule has 1 fully saturated rings. The van der Waals surface area contributed by atoms with Crippen molar-refractivity contribution in [3.63, 3.8) is 0 Å². The van der Waals surface area contributed by atoms with Gasteiger partial charge in [-0.2, -0.15) is 0 Å². The van der Waals surface area contributed by atoms with Crippen LogP contribution >= 0.6 is 24.0 Å². The van der Waals surface area contributed by atoms with E-state index >= 15 is 0 Å². The molecule has 2 aromatic carbocycles. The minimum absolute atomic E-state index is 0. The number of ether oxygens (including phenoxy) is 2. The molecule has 1 aliphatic carbocycles. The van der Waals surface area contributed by atoms with E-state index in [1.807, 2.05) is 31.2 Å². The number of aliphatic imine (C=N–C) groups is 1. The topological polar surface area (TPSA) is 54.9 Å². The lowest BCUT2D eigenvalue weighted by molar-refractivity contribution is 0.311. The van der Waals surface area contributed by atoms with E-state index in [1.165, 1.54) is 5.56 Å². The molecule has 0 radical (unpaired) electrons. The van der Waals surface area contributed by atoms with Crippen molar-refractivity contribution < 1.29 is 9.47 Å². The molecule has 0 amide bonds. The quantitative estimate of drug-likeness (QED) is 0.379. The monoisotopic (exact) mass is 467 g/mol. The summed E-state index contributed by atoms with van der Waals surface area (Å²) in [6.07, 6.45) is 1.12. The van der Waals surface area contributed by atoms with Crippen molar-refractivity contribution in [1.82, 2.24) is 5.32 Å². The van der Waals surface area contributed by atoms with Gasteiger partial charge < -0.3 is 20.1 Å². The van der Waals surface area contributed by atoms with Gasteiger partial charge in [0.05, 0.1) is 13.7 Å². The largest absolute Gasteiger partial charge is 0.493 e. The number of benzene rings is 2. The summed E-state index contributed by atoms with van der Waals surface area (Å²) in [6, 6.07) is 16.8. The van der Waals surface area contributed by atoms with Crippen LogP contribution in [0.1, 0.15) is 24.8 Å². The van der Waals surface area contributed by atoms with Gasteiger partial charge in [-0.3, -0.25) is 4.99 Å². The van der Waals surface area contributed by atoms with Crippen molar-refractivity contribution in [3.8, 4) is 11.5 Å². The predicted molar refractivity (Wildman–Crippen MR) is 117 cm³/mol. The number of anilines is 1. The second-order valence-corrected chi connectivity index (χ2v) is 6.00. The van der Waals surface area contributed by atoms with Crippen LogP contribution in [0.15, 0.2) is 53.5 Å². The van der Waals surface area contributed by atoms with E-state index in [2.05, 4.69) is 39.9 Å². The molecule has 5 nitrogen and oxygen atoms in total. The summed E-state index contributed by atoms with van der Waals surface area (Å²) >= 11 is 0. The molecule has 2 N–H and O–H groups in total. The van der Waals surface area contributed by atoms with Gasteiger partial charge in [-0.25, -0.2) is 0 Å². The molecule has 0 bridgehead atoms. The molecule has 2 aromatic rings. The lowest BCUT2D eigenvalue weighted by atomic mass is 10.1. The minimum Gasteiger partial charge on any atom is -0.493 e. The molecule has 1 saturated carbocycles. The second kappa shape index (κ2) is 9.66. The van der Waals surface area contributed by atoms with Gasteiger partial charge >= 0.3 is 0 Å². The minimum atomic E-state index is 0. The Hall–Kier alpha value is -1.96. The highest BCUT2D eigenvalue weighted by Crippen LogP contribution is 2.40. The van der Waals surface area contributed by atoms with Crippen molar-refractivity contribution in [3.05, 3.63) is 54.1 Å². The van der Waals surface area contributed by atoms with E-state index in [4.69, 9.17) is 9.47 Å². The molecule has 2 atom stereocenters. The standard InChI is InChI=1S/C20H25N3O2.HI/c1-4-25-18-11-10-15(12-19(18)24-3)22-20(21-2)23-17-13-16(17)14-8-6-5-7-9-14;/h5-12,16-17H,4,13H2,1-3H3,(H2,21,22,23);1H. The van der Waals surface area contributed by atoms with E-state index in [1.54, 1.807) is 14.2 Å². The third kappa shape index (κ3) is 5.03. The smallest absolute Gasteiger partial charge is 0.195 e. The van der Waals surface area contributed by atoms with Gasteiger partial charge in [-0.1, -0.05) is 30.3 Å². The maximum absolute atomic E-state index is 5.55. The zero-order valence-corrected chi connectivity index (χ0v) is 17.7. The molecule has 0 heterocycles. The van der Waals surface area contributed by atoms with Crippen LogP contribution in [0.5, 0.6) is 11.5 Å². The van der Waals surface area contributed by atoms with Crippen LogP contribution in [0.4, 0.5) is 5.69 Å². The summed E-state index contributed by atoms with van der Waals surface area (Å²) in [5, 5.41) is 6.80. The lowest BCUT2D eigenvalue weighted by Gasteiger charge is -2.14. The number of nitrogens with one attached hydrogen (secondary N) is 2. The maximum Gasteiger partial charge on any atom is 0.195 e. The van der Waals surface area contributed by atoms with Crippen LogP contribution in [-0.2, 0) is 0 Å². The first-order chi connectivity index (χ1) is 12.2. The van der Waals surface area contributed by atoms with Crippen LogP contribution in [0.25, 0.3) is 0 Å². The van der Waals surface area contributed by atoms with Crippen molar-refractivity contribution in [2.24, 2.45) is 4.99 Å². The predicted octanol–water partition coefficient (Wildman–Crippen LogP) is 4.26. The summed E-state index contributed by atoms with van der Waals surface area (Å²) in [7, 11) is 3.42. The molecule has 6 heteroatoms. The van der Waals surface area contributed by atoms with Crippen LogP contribution in [-0.4, -0.2) is 32.8 Å². The molecule has 0 aliphatic heterocycles. The van der Waals surface area contributed by atoms with Gasteiger partial charge in [0, 0.05) is 30.8 Å². The number of hydrogen-bond donors (Lipinski definition) is 2. The summed E-state index contributed by atoms with van der Waals surface area (Å²) in [6.45, 7) is 2.56. The van der Waals surface area contributed by atoms with E-state index in [0.29, 0.717) is 24.3 Å². The molecular formula is C20H26IN3O2. The Morgan fingerprint density at radius 2 is 1.92 bits per heavy atom. The van der Waals surface area contributed by atoms with E-state index in [0.717, 1.165) is 23.8 Å². The first-order valence-electron chi connectivity index (χ1n) is 8.61. The lowest BCUT2D eigenvalue weighted by Crippen LogP contribution is -2.33. The van der Waals surface area contributed by atoms with Gasteiger partial charge in [0.2, 0.25) is 0 Å². The normalized spacial score (nSPS) is 18.5. The molecule has 1 aliphatic rings. The molecule has 0 spiro atoms. The third-order valence-corrected chi connectivity index (χ3v) is 4.29. The van der Waals surface area contributed by atoms with Gasteiger partial charge in [0.15, 0.2) is 17.5 Å². The van der Waals surface area contributed by atoms with E-state index in [-0.39, 0.29) is 24.0 Å². The summed E-state index contributed by atoms with van der Waals surface area (Å²) in [4.78, 5) is 4.33. The van der Waals surface area contributed by atoms with Crippen molar-refractivity contribution >= 4 is 35.6 Å². The number of halogens is 1. The highest BCUT2D eigenvalue weighted by atomic mass is 127. The molecule has 0 aromatic heterocycles. The number of guanidine groups is 1.